The maximum atomic E-state index is 13.0. The fraction of sp³-hybridized carbons (Fsp3) is 0.458. The number of halogens is 1. The molecule has 2 aromatic carbocycles. The Hall–Kier alpha value is -2.04. The van der Waals surface area contributed by atoms with Crippen molar-refractivity contribution in [3.8, 4) is 11.5 Å². The molecule has 29 heavy (non-hydrogen) atoms. The molecule has 0 spiro atoms. The largest absolute Gasteiger partial charge is 0.493 e. The number of fused-ring (bicyclic) bond motifs is 1. The number of benzene rings is 2. The minimum Gasteiger partial charge on any atom is -0.493 e. The lowest BCUT2D eigenvalue weighted by atomic mass is 9.94. The van der Waals surface area contributed by atoms with Crippen LogP contribution in [0.4, 0.5) is 0 Å². The van der Waals surface area contributed by atoms with Crippen molar-refractivity contribution in [2.45, 2.75) is 38.0 Å². The molecule has 1 aliphatic heterocycles. The van der Waals surface area contributed by atoms with Gasteiger partial charge < -0.3 is 14.4 Å². The van der Waals surface area contributed by atoms with E-state index in [2.05, 4.69) is 29.2 Å². The van der Waals surface area contributed by atoms with Gasteiger partial charge in [0.15, 0.2) is 17.3 Å². The van der Waals surface area contributed by atoms with Crippen LogP contribution in [0, 0.1) is 0 Å². The third kappa shape index (κ3) is 4.59. The number of rotatable bonds is 6. The summed E-state index contributed by atoms with van der Waals surface area (Å²) in [4.78, 5) is 15.5. The Morgan fingerprint density at radius 3 is 2.28 bits per heavy atom. The number of carbonyl (C=O) groups is 1. The van der Waals surface area contributed by atoms with E-state index in [1.807, 2.05) is 12.1 Å². The number of methoxy groups -OCH3 is 2. The van der Waals surface area contributed by atoms with Gasteiger partial charge in [0.2, 0.25) is 0 Å². The summed E-state index contributed by atoms with van der Waals surface area (Å²) in [5.41, 5.74) is 4.25. The molecule has 0 N–H and O–H groups in total. The first kappa shape index (κ1) is 21.7. The third-order valence-corrected chi connectivity index (χ3v) is 6.16. The maximum absolute atomic E-state index is 13.0. The van der Waals surface area contributed by atoms with E-state index in [4.69, 9.17) is 9.47 Å². The van der Waals surface area contributed by atoms with Gasteiger partial charge in [0.25, 0.3) is 0 Å². The fourth-order valence-electron chi connectivity index (χ4n) is 4.48. The van der Waals surface area contributed by atoms with Crippen LogP contribution in [0.2, 0.25) is 0 Å². The first-order valence-electron chi connectivity index (χ1n) is 10.3. The zero-order chi connectivity index (χ0) is 19.5. The second kappa shape index (κ2) is 9.64. The molecule has 4 rings (SSSR count). The van der Waals surface area contributed by atoms with Crippen LogP contribution < -0.4 is 9.47 Å². The summed E-state index contributed by atoms with van der Waals surface area (Å²) in [6.45, 7) is 3.60. The number of Topliss-reactive ketones (excluding diaryl/α,β-unsaturated/α-hetero) is 1. The number of likely N-dealkylation sites (tertiary alicyclic amines) is 1. The number of ketones is 1. The van der Waals surface area contributed by atoms with E-state index in [1.165, 1.54) is 37.9 Å². The summed E-state index contributed by atoms with van der Waals surface area (Å²) in [5.74, 6) is 1.37. The van der Waals surface area contributed by atoms with Crippen LogP contribution >= 0.6 is 12.4 Å². The average molecular weight is 416 g/mol. The predicted octanol–water partition coefficient (Wildman–Crippen LogP) is 4.68. The van der Waals surface area contributed by atoms with Gasteiger partial charge in [0.05, 0.1) is 20.1 Å². The molecule has 2 aromatic rings. The van der Waals surface area contributed by atoms with Crippen molar-refractivity contribution in [2.75, 3.05) is 33.9 Å². The van der Waals surface area contributed by atoms with Crippen molar-refractivity contribution in [1.82, 2.24) is 4.90 Å². The minimum absolute atomic E-state index is 0. The molecule has 1 aliphatic carbocycles. The lowest BCUT2D eigenvalue weighted by molar-refractivity contribution is 0.0972. The Bertz CT molecular complexity index is 844. The van der Waals surface area contributed by atoms with E-state index in [0.29, 0.717) is 11.5 Å². The Morgan fingerprint density at radius 1 is 0.966 bits per heavy atom. The molecule has 4 nitrogen and oxygen atoms in total. The number of hydrogen-bond acceptors (Lipinski definition) is 4. The monoisotopic (exact) mass is 415 g/mol. The summed E-state index contributed by atoms with van der Waals surface area (Å²) >= 11 is 0. The van der Waals surface area contributed by atoms with Crippen molar-refractivity contribution in [1.29, 1.82) is 0 Å². The quantitative estimate of drug-likeness (QED) is 0.686. The standard InChI is InChI=1S/C24H29NO3.ClH/c1-27-22-15-19-14-20(24(26)21(19)16-23(22)28-2)18-8-6-17(7-9-18)10-13-25-11-4-3-5-12-25;/h6-9,15-16,20H,3-5,10-14H2,1-2H3;1H. The van der Waals surface area contributed by atoms with E-state index in [0.717, 1.165) is 36.1 Å². The van der Waals surface area contributed by atoms with Gasteiger partial charge in [0.1, 0.15) is 0 Å². The molecule has 2 aliphatic rings. The van der Waals surface area contributed by atoms with Gasteiger partial charge in [0, 0.05) is 12.1 Å². The van der Waals surface area contributed by atoms with Crippen LogP contribution in [0.1, 0.15) is 52.2 Å². The molecule has 1 atom stereocenters. The maximum Gasteiger partial charge on any atom is 0.171 e. The van der Waals surface area contributed by atoms with E-state index < -0.39 is 0 Å². The van der Waals surface area contributed by atoms with Gasteiger partial charge in [-0.15, -0.1) is 12.4 Å². The zero-order valence-electron chi connectivity index (χ0n) is 17.3. The SMILES string of the molecule is COc1cc2c(cc1OC)C(=O)C(c1ccc(CCN3CCCCC3)cc1)C2.Cl. The van der Waals surface area contributed by atoms with Crippen LogP contribution in [0.25, 0.3) is 0 Å². The molecule has 1 saturated heterocycles. The van der Waals surface area contributed by atoms with Crippen LogP contribution in [0.5, 0.6) is 11.5 Å². The third-order valence-electron chi connectivity index (χ3n) is 6.16. The average Bonchev–Trinajstić information content (AvgIpc) is 3.08. The van der Waals surface area contributed by atoms with Gasteiger partial charge in [-0.25, -0.2) is 0 Å². The molecule has 1 unspecified atom stereocenters. The molecule has 0 saturated carbocycles. The van der Waals surface area contributed by atoms with E-state index in [9.17, 15) is 4.79 Å². The van der Waals surface area contributed by atoms with Crippen molar-refractivity contribution in [3.63, 3.8) is 0 Å². The number of ether oxygens (including phenoxy) is 2. The molecule has 1 heterocycles. The van der Waals surface area contributed by atoms with E-state index >= 15 is 0 Å². The van der Waals surface area contributed by atoms with Crippen molar-refractivity contribution < 1.29 is 14.3 Å². The first-order valence-corrected chi connectivity index (χ1v) is 10.3. The fourth-order valence-corrected chi connectivity index (χ4v) is 4.48. The van der Waals surface area contributed by atoms with Crippen molar-refractivity contribution >= 4 is 18.2 Å². The number of piperidine rings is 1. The molecule has 0 aromatic heterocycles. The molecule has 156 valence electrons. The first-order chi connectivity index (χ1) is 13.7. The summed E-state index contributed by atoms with van der Waals surface area (Å²) in [6.07, 6.45) is 5.84. The van der Waals surface area contributed by atoms with Gasteiger partial charge in [-0.05, 0) is 67.6 Å². The second-order valence-electron chi connectivity index (χ2n) is 7.88. The van der Waals surface area contributed by atoms with Crippen LogP contribution in [0.3, 0.4) is 0 Å². The lowest BCUT2D eigenvalue weighted by Gasteiger charge is -2.26. The summed E-state index contributed by atoms with van der Waals surface area (Å²) in [5, 5.41) is 0. The normalized spacial score (nSPS) is 18.8. The number of hydrogen-bond donors (Lipinski definition) is 0. The molecule has 0 amide bonds. The number of nitrogens with zero attached hydrogens (tertiary/aromatic N) is 1. The highest BCUT2D eigenvalue weighted by atomic mass is 35.5. The second-order valence-corrected chi connectivity index (χ2v) is 7.88. The smallest absolute Gasteiger partial charge is 0.171 e. The van der Waals surface area contributed by atoms with Gasteiger partial charge >= 0.3 is 0 Å². The van der Waals surface area contributed by atoms with E-state index in [1.54, 1.807) is 14.2 Å². The zero-order valence-corrected chi connectivity index (χ0v) is 18.1. The van der Waals surface area contributed by atoms with Gasteiger partial charge in [-0.3, -0.25) is 4.79 Å². The Kier molecular flexibility index (Phi) is 7.20. The highest BCUT2D eigenvalue weighted by Crippen LogP contribution is 2.40. The highest BCUT2D eigenvalue weighted by Gasteiger charge is 2.33. The predicted molar refractivity (Wildman–Crippen MR) is 118 cm³/mol. The molecule has 0 radical (unpaired) electrons. The van der Waals surface area contributed by atoms with Crippen LogP contribution in [-0.2, 0) is 12.8 Å². The van der Waals surface area contributed by atoms with Crippen molar-refractivity contribution in [3.05, 3.63) is 58.7 Å². The van der Waals surface area contributed by atoms with Crippen molar-refractivity contribution in [2.24, 2.45) is 0 Å². The van der Waals surface area contributed by atoms with Gasteiger partial charge in [-0.1, -0.05) is 30.7 Å². The highest BCUT2D eigenvalue weighted by molar-refractivity contribution is 6.05. The van der Waals surface area contributed by atoms with Crippen LogP contribution in [0.15, 0.2) is 36.4 Å². The minimum atomic E-state index is -0.108. The van der Waals surface area contributed by atoms with Gasteiger partial charge in [-0.2, -0.15) is 0 Å². The lowest BCUT2D eigenvalue weighted by Crippen LogP contribution is -2.31. The van der Waals surface area contributed by atoms with E-state index in [-0.39, 0.29) is 24.1 Å². The topological polar surface area (TPSA) is 38.8 Å². The number of carbonyl (C=O) groups excluding carboxylic acids is 1. The Labute approximate surface area is 179 Å². The Balaban J connectivity index is 0.00000240. The Morgan fingerprint density at radius 2 is 1.62 bits per heavy atom. The molecule has 1 fully saturated rings. The summed E-state index contributed by atoms with van der Waals surface area (Å²) in [7, 11) is 3.23. The summed E-state index contributed by atoms with van der Waals surface area (Å²) < 4.78 is 10.8. The van der Waals surface area contributed by atoms with Crippen LogP contribution in [-0.4, -0.2) is 44.5 Å². The molecule has 5 heteroatoms. The summed E-state index contributed by atoms with van der Waals surface area (Å²) in [6, 6.07) is 12.4. The molecular weight excluding hydrogens is 386 g/mol. The molecular formula is C24H30ClNO3. The molecule has 0 bridgehead atoms.